The molecule has 6 rings (SSSR count). The summed E-state index contributed by atoms with van der Waals surface area (Å²) in [5.74, 6) is -0.806. The molecule has 0 aliphatic carbocycles. The Bertz CT molecular complexity index is 1030. The molecule has 7 nitrogen and oxygen atoms in total. The molecule has 2 bridgehead atoms. The number of likely N-dealkylation sites (N-methyl/N-ethyl adjacent to an activating group) is 1. The standard InChI is InChI=1S/C18H15F2N3O4S2/c1-15(8-21)7-17-14(25)22(3)16(2,28-29-17)13(24)23(17)12(15)9-4-5-10-11(6-9)27-18(19,20)26-10/h4-6,12H,7H2,1-3H3/t12?,15-,16+,17+/m1/s1. The van der Waals surface area contributed by atoms with Crippen molar-refractivity contribution in [3.8, 4) is 17.6 Å². The number of fused-ring (bicyclic) bond motifs is 3. The van der Waals surface area contributed by atoms with Crippen LogP contribution in [0, 0.1) is 16.7 Å². The van der Waals surface area contributed by atoms with E-state index in [4.69, 9.17) is 0 Å². The van der Waals surface area contributed by atoms with Crippen LogP contribution in [0.4, 0.5) is 8.78 Å². The van der Waals surface area contributed by atoms with Crippen LogP contribution in [0.5, 0.6) is 11.5 Å². The molecule has 11 heteroatoms. The Morgan fingerprint density at radius 1 is 1.17 bits per heavy atom. The van der Waals surface area contributed by atoms with Crippen LogP contribution >= 0.6 is 21.6 Å². The monoisotopic (exact) mass is 439 g/mol. The molecule has 5 aliphatic rings. The van der Waals surface area contributed by atoms with E-state index in [9.17, 15) is 23.6 Å². The smallest absolute Gasteiger partial charge is 0.395 e. The van der Waals surface area contributed by atoms with Gasteiger partial charge in [0, 0.05) is 13.5 Å². The van der Waals surface area contributed by atoms with Crippen molar-refractivity contribution in [1.29, 1.82) is 5.26 Å². The highest BCUT2D eigenvalue weighted by Crippen LogP contribution is 2.69. The second kappa shape index (κ2) is 5.29. The van der Waals surface area contributed by atoms with Gasteiger partial charge in [0.15, 0.2) is 21.2 Å². The molecule has 4 saturated heterocycles. The summed E-state index contributed by atoms with van der Waals surface area (Å²) >= 11 is 0. The average molecular weight is 439 g/mol. The Labute approximate surface area is 172 Å². The first-order chi connectivity index (χ1) is 13.5. The lowest BCUT2D eigenvalue weighted by Gasteiger charge is -2.57. The van der Waals surface area contributed by atoms with Gasteiger partial charge in [-0.1, -0.05) is 27.7 Å². The van der Waals surface area contributed by atoms with Crippen LogP contribution in [-0.2, 0) is 9.59 Å². The van der Waals surface area contributed by atoms with Crippen LogP contribution < -0.4 is 9.47 Å². The van der Waals surface area contributed by atoms with Crippen LogP contribution in [0.2, 0.25) is 0 Å². The number of carbonyl (C=O) groups is 2. The van der Waals surface area contributed by atoms with Crippen molar-refractivity contribution in [2.24, 2.45) is 5.41 Å². The molecule has 2 amide bonds. The fraction of sp³-hybridized carbons (Fsp3) is 0.500. The molecule has 0 saturated carbocycles. The Morgan fingerprint density at radius 3 is 2.55 bits per heavy atom. The minimum atomic E-state index is -3.77. The quantitative estimate of drug-likeness (QED) is 0.622. The molecule has 1 aromatic rings. The number of carbonyl (C=O) groups excluding carboxylic acids is 2. The van der Waals surface area contributed by atoms with Gasteiger partial charge in [-0.25, -0.2) is 0 Å². The SMILES string of the molecule is CN1C(=O)[C@@]23C[C@](C)(C#N)C(c4ccc5c(c4)OC(F)(F)O5)N2C(=O)[C@]1(C)SS3. The number of ether oxygens (including phenoxy) is 2. The first-order valence-corrected chi connectivity index (χ1v) is 10.9. The molecule has 1 aromatic carbocycles. The van der Waals surface area contributed by atoms with Gasteiger partial charge in [-0.05, 0) is 31.5 Å². The van der Waals surface area contributed by atoms with Crippen molar-refractivity contribution in [2.45, 2.75) is 42.3 Å². The average Bonchev–Trinajstić information content (AvgIpc) is 3.12. The number of halogens is 2. The number of nitriles is 1. The summed E-state index contributed by atoms with van der Waals surface area (Å²) in [7, 11) is 4.19. The van der Waals surface area contributed by atoms with Crippen molar-refractivity contribution < 1.29 is 27.8 Å². The van der Waals surface area contributed by atoms with Crippen LogP contribution in [0.15, 0.2) is 18.2 Å². The van der Waals surface area contributed by atoms with Crippen molar-refractivity contribution in [2.75, 3.05) is 7.05 Å². The zero-order valence-electron chi connectivity index (χ0n) is 15.6. The Kier molecular flexibility index (Phi) is 3.43. The van der Waals surface area contributed by atoms with Crippen LogP contribution in [0.25, 0.3) is 0 Å². The zero-order chi connectivity index (χ0) is 21.0. The summed E-state index contributed by atoms with van der Waals surface area (Å²) < 4.78 is 35.9. The second-order valence-corrected chi connectivity index (χ2v) is 10.8. The number of amides is 2. The van der Waals surface area contributed by atoms with Crippen molar-refractivity contribution in [3.63, 3.8) is 0 Å². The zero-order valence-corrected chi connectivity index (χ0v) is 17.2. The minimum Gasteiger partial charge on any atom is -0.395 e. The van der Waals surface area contributed by atoms with Gasteiger partial charge < -0.3 is 19.3 Å². The lowest BCUT2D eigenvalue weighted by atomic mass is 9.79. The predicted molar refractivity (Wildman–Crippen MR) is 99.7 cm³/mol. The number of rotatable bonds is 1. The highest BCUT2D eigenvalue weighted by atomic mass is 33.1. The maximum Gasteiger partial charge on any atom is 0.586 e. The van der Waals surface area contributed by atoms with Crippen molar-refractivity contribution >= 4 is 33.4 Å². The van der Waals surface area contributed by atoms with E-state index in [0.717, 1.165) is 0 Å². The summed E-state index contributed by atoms with van der Waals surface area (Å²) in [5.41, 5.74) is -0.664. The maximum atomic E-state index is 13.5. The molecule has 0 aromatic heterocycles. The van der Waals surface area contributed by atoms with Gasteiger partial charge in [0.25, 0.3) is 11.8 Å². The van der Waals surface area contributed by atoms with Crippen LogP contribution in [0.3, 0.4) is 0 Å². The van der Waals surface area contributed by atoms with Crippen molar-refractivity contribution in [3.05, 3.63) is 23.8 Å². The van der Waals surface area contributed by atoms with Gasteiger partial charge in [0.2, 0.25) is 0 Å². The molecular weight excluding hydrogens is 424 g/mol. The highest BCUT2D eigenvalue weighted by Gasteiger charge is 2.74. The maximum absolute atomic E-state index is 13.5. The number of nitrogens with zero attached hydrogens (tertiary/aromatic N) is 3. The first-order valence-electron chi connectivity index (χ1n) is 8.77. The molecule has 152 valence electrons. The Balaban J connectivity index is 1.67. The fourth-order valence-corrected chi connectivity index (χ4v) is 8.14. The van der Waals surface area contributed by atoms with E-state index in [1.165, 1.54) is 49.6 Å². The summed E-state index contributed by atoms with van der Waals surface area (Å²) in [6.07, 6.45) is -3.64. The largest absolute Gasteiger partial charge is 0.586 e. The first kappa shape index (κ1) is 18.8. The Morgan fingerprint density at radius 2 is 1.86 bits per heavy atom. The predicted octanol–water partition coefficient (Wildman–Crippen LogP) is 3.09. The molecule has 4 atom stereocenters. The third kappa shape index (κ3) is 2.13. The molecule has 1 unspecified atom stereocenters. The van der Waals surface area contributed by atoms with Gasteiger partial charge in [-0.2, -0.15) is 5.26 Å². The van der Waals surface area contributed by atoms with Gasteiger partial charge in [-0.3, -0.25) is 9.59 Å². The number of piperazine rings is 1. The van der Waals surface area contributed by atoms with E-state index in [-0.39, 0.29) is 29.7 Å². The van der Waals surface area contributed by atoms with Crippen LogP contribution in [0.1, 0.15) is 31.9 Å². The molecule has 5 heterocycles. The number of alkyl halides is 2. The third-order valence-electron chi connectivity index (χ3n) is 6.09. The summed E-state index contributed by atoms with van der Waals surface area (Å²) in [6.45, 7) is 3.36. The number of hydrogen-bond donors (Lipinski definition) is 0. The van der Waals surface area contributed by atoms with Gasteiger partial charge in [0.05, 0.1) is 17.5 Å². The van der Waals surface area contributed by atoms with E-state index < -0.39 is 27.5 Å². The van der Waals surface area contributed by atoms with Crippen molar-refractivity contribution in [1.82, 2.24) is 9.80 Å². The summed E-state index contributed by atoms with van der Waals surface area (Å²) in [6, 6.07) is 5.70. The molecule has 5 aliphatic heterocycles. The topological polar surface area (TPSA) is 82.9 Å². The molecule has 4 fully saturated rings. The van der Waals surface area contributed by atoms with Crippen LogP contribution in [-0.4, -0.2) is 44.7 Å². The third-order valence-corrected chi connectivity index (χ3v) is 9.79. The second-order valence-electron chi connectivity index (χ2n) is 7.96. The van der Waals surface area contributed by atoms with E-state index in [2.05, 4.69) is 15.5 Å². The molecular formula is C18H15F2N3O4S2. The molecule has 29 heavy (non-hydrogen) atoms. The molecule has 0 radical (unpaired) electrons. The highest BCUT2D eigenvalue weighted by molar-refractivity contribution is 8.78. The molecule has 0 N–H and O–H groups in total. The Hall–Kier alpha value is -2.19. The van der Waals surface area contributed by atoms with Gasteiger partial charge >= 0.3 is 6.29 Å². The van der Waals surface area contributed by atoms with Gasteiger partial charge in [-0.15, -0.1) is 8.78 Å². The van der Waals surface area contributed by atoms with E-state index >= 15 is 0 Å². The molecule has 1 spiro atoms. The van der Waals surface area contributed by atoms with E-state index in [0.29, 0.717) is 5.56 Å². The fourth-order valence-electron chi connectivity index (χ4n) is 4.56. The minimum absolute atomic E-state index is 0.121. The number of benzene rings is 1. The lowest BCUT2D eigenvalue weighted by molar-refractivity contribution is -0.286. The normalized spacial score (nSPS) is 39.0. The van der Waals surface area contributed by atoms with E-state index in [1.54, 1.807) is 20.9 Å². The number of hydrogen-bond acceptors (Lipinski definition) is 7. The van der Waals surface area contributed by atoms with E-state index in [1.807, 2.05) is 0 Å². The summed E-state index contributed by atoms with van der Waals surface area (Å²) in [5, 5.41) is 10.0. The summed E-state index contributed by atoms with van der Waals surface area (Å²) in [4.78, 5) is 27.3. The van der Waals surface area contributed by atoms with Gasteiger partial charge in [0.1, 0.15) is 0 Å². The lowest BCUT2D eigenvalue weighted by Crippen LogP contribution is -2.73.